The molecule has 1 saturated carbocycles. The molecule has 1 aliphatic carbocycles. The molecule has 3 heterocycles. The molecular weight excluding hydrogens is 552 g/mol. The van der Waals surface area contributed by atoms with Gasteiger partial charge in [-0.1, -0.05) is 11.5 Å². The number of nitrogens with zero attached hydrogens (tertiary/aromatic N) is 9. The van der Waals surface area contributed by atoms with E-state index in [0.717, 1.165) is 42.6 Å². The maximum absolute atomic E-state index is 13.6. The van der Waals surface area contributed by atoms with Gasteiger partial charge in [-0.3, -0.25) is 4.68 Å². The van der Waals surface area contributed by atoms with E-state index in [1.165, 1.54) is 23.2 Å². The van der Waals surface area contributed by atoms with Crippen molar-refractivity contribution >= 4 is 22.8 Å². The molecule has 0 amide bonds. The minimum Gasteiger partial charge on any atom is -0.359 e. The van der Waals surface area contributed by atoms with Crippen molar-refractivity contribution in [1.29, 1.82) is 0 Å². The number of fused-ring (bicyclic) bond motifs is 1. The van der Waals surface area contributed by atoms with E-state index in [2.05, 4.69) is 20.5 Å². The number of hydrogen-bond donors (Lipinski definition) is 0. The van der Waals surface area contributed by atoms with Crippen LogP contribution >= 0.6 is 0 Å². The number of benzene rings is 1. The molecule has 0 bridgehead atoms. The van der Waals surface area contributed by atoms with Gasteiger partial charge in [-0.15, -0.1) is 5.10 Å². The van der Waals surface area contributed by atoms with Gasteiger partial charge in [0.2, 0.25) is 0 Å². The molecule has 5 rings (SSSR count). The summed E-state index contributed by atoms with van der Waals surface area (Å²) in [7, 11) is 5.23. The standard InChI is InChI=1S/C26H29F6N9/c1-15-21-10-18(22(33-23(21)39(3)35-15)38(2)12-16-6-5-7-16)14-41(24-34-37-40(4)36-24)13-17-8-19(25(27,28)29)11-20(9-17)26(30,31)32/h8-11,16H,5-7,12-14H2,1-4H3. The highest BCUT2D eigenvalue weighted by atomic mass is 19.4. The lowest BCUT2D eigenvalue weighted by molar-refractivity contribution is -0.143. The Kier molecular flexibility index (Phi) is 7.32. The second kappa shape index (κ2) is 10.5. The molecule has 0 aliphatic heterocycles. The van der Waals surface area contributed by atoms with Crippen molar-refractivity contribution in [3.63, 3.8) is 0 Å². The maximum atomic E-state index is 13.6. The SMILES string of the molecule is Cc1nn(C)c2nc(N(C)CC3CCC3)c(CN(Cc3cc(C(F)(F)F)cc(C(F)(F)F)c3)c3nnn(C)n3)cc12. The summed E-state index contributed by atoms with van der Waals surface area (Å²) in [6.45, 7) is 2.31. The minimum atomic E-state index is -4.96. The molecule has 15 heteroatoms. The molecular formula is C26H29F6N9. The van der Waals surface area contributed by atoms with Crippen LogP contribution in [0.5, 0.6) is 0 Å². The van der Waals surface area contributed by atoms with E-state index in [-0.39, 0.29) is 30.7 Å². The van der Waals surface area contributed by atoms with E-state index in [4.69, 9.17) is 4.98 Å². The van der Waals surface area contributed by atoms with Crippen molar-refractivity contribution in [2.45, 2.75) is 51.6 Å². The summed E-state index contributed by atoms with van der Waals surface area (Å²) >= 11 is 0. The third-order valence-electron chi connectivity index (χ3n) is 7.34. The first kappa shape index (κ1) is 28.6. The largest absolute Gasteiger partial charge is 0.416 e. The van der Waals surface area contributed by atoms with Gasteiger partial charge in [0, 0.05) is 44.7 Å². The summed E-state index contributed by atoms with van der Waals surface area (Å²) in [5.41, 5.74) is -0.866. The number of halogens is 6. The predicted molar refractivity (Wildman–Crippen MR) is 139 cm³/mol. The lowest BCUT2D eigenvalue weighted by Crippen LogP contribution is -2.32. The molecule has 9 nitrogen and oxygen atoms in total. The Balaban J connectivity index is 1.58. The molecule has 1 fully saturated rings. The summed E-state index contributed by atoms with van der Waals surface area (Å²) in [6.07, 6.45) is -6.54. The second-order valence-corrected chi connectivity index (χ2v) is 10.6. The number of rotatable bonds is 8. The Morgan fingerprint density at radius 2 is 1.59 bits per heavy atom. The van der Waals surface area contributed by atoms with E-state index >= 15 is 0 Å². The number of tetrazole rings is 1. The first-order chi connectivity index (χ1) is 19.2. The zero-order valence-corrected chi connectivity index (χ0v) is 22.9. The van der Waals surface area contributed by atoms with Gasteiger partial charge in [0.1, 0.15) is 5.82 Å². The number of anilines is 2. The number of aromatic nitrogens is 7. The van der Waals surface area contributed by atoms with Crippen LogP contribution in [0.25, 0.3) is 11.0 Å². The first-order valence-electron chi connectivity index (χ1n) is 13.0. The Labute approximate surface area is 231 Å². The molecule has 0 unspecified atom stereocenters. The smallest absolute Gasteiger partial charge is 0.359 e. The van der Waals surface area contributed by atoms with E-state index in [1.807, 2.05) is 24.9 Å². The molecule has 0 spiro atoms. The van der Waals surface area contributed by atoms with Gasteiger partial charge in [-0.25, -0.2) is 4.98 Å². The second-order valence-electron chi connectivity index (χ2n) is 10.6. The van der Waals surface area contributed by atoms with Crippen LogP contribution in [0.4, 0.5) is 38.1 Å². The number of aryl methyl sites for hydroxylation is 3. The van der Waals surface area contributed by atoms with Gasteiger partial charge in [0.05, 0.1) is 23.9 Å². The highest BCUT2D eigenvalue weighted by Crippen LogP contribution is 2.37. The molecule has 3 aromatic heterocycles. The Hall–Kier alpha value is -3.91. The fourth-order valence-corrected chi connectivity index (χ4v) is 5.11. The highest BCUT2D eigenvalue weighted by molar-refractivity contribution is 5.81. The van der Waals surface area contributed by atoms with Crippen molar-refractivity contribution in [3.8, 4) is 0 Å². The molecule has 0 radical (unpaired) electrons. The van der Waals surface area contributed by atoms with Crippen LogP contribution in [0.15, 0.2) is 24.3 Å². The average Bonchev–Trinajstić information content (AvgIpc) is 3.41. The minimum absolute atomic E-state index is 0.0465. The topological polar surface area (TPSA) is 80.8 Å². The highest BCUT2D eigenvalue weighted by Gasteiger charge is 2.37. The monoisotopic (exact) mass is 581 g/mol. The van der Waals surface area contributed by atoms with Gasteiger partial charge in [0.15, 0.2) is 5.65 Å². The van der Waals surface area contributed by atoms with Crippen molar-refractivity contribution in [2.75, 3.05) is 23.4 Å². The summed E-state index contributed by atoms with van der Waals surface area (Å²) < 4.78 is 83.1. The van der Waals surface area contributed by atoms with Gasteiger partial charge < -0.3 is 9.80 Å². The number of hydrogen-bond acceptors (Lipinski definition) is 7. The molecule has 1 aromatic carbocycles. The van der Waals surface area contributed by atoms with Crippen LogP contribution in [-0.4, -0.2) is 48.6 Å². The third kappa shape index (κ3) is 6.07. The van der Waals surface area contributed by atoms with Crippen molar-refractivity contribution < 1.29 is 26.3 Å². The number of pyridine rings is 1. The maximum Gasteiger partial charge on any atom is 0.416 e. The van der Waals surface area contributed by atoms with E-state index in [9.17, 15) is 26.3 Å². The van der Waals surface area contributed by atoms with E-state index in [1.54, 1.807) is 11.7 Å². The van der Waals surface area contributed by atoms with Crippen molar-refractivity contribution in [2.24, 2.45) is 20.0 Å². The zero-order chi connectivity index (χ0) is 29.7. The van der Waals surface area contributed by atoms with Gasteiger partial charge in [-0.2, -0.15) is 36.2 Å². The first-order valence-corrected chi connectivity index (χ1v) is 13.0. The third-order valence-corrected chi connectivity index (χ3v) is 7.34. The Morgan fingerprint density at radius 3 is 2.12 bits per heavy atom. The predicted octanol–water partition coefficient (Wildman–Crippen LogP) is 5.28. The van der Waals surface area contributed by atoms with Gasteiger partial charge >= 0.3 is 12.4 Å². The van der Waals surface area contributed by atoms with Crippen LogP contribution in [-0.2, 0) is 39.5 Å². The molecule has 41 heavy (non-hydrogen) atoms. The molecule has 0 atom stereocenters. The molecule has 4 aromatic rings. The normalized spacial score (nSPS) is 14.5. The van der Waals surface area contributed by atoms with E-state index in [0.29, 0.717) is 22.9 Å². The van der Waals surface area contributed by atoms with Gasteiger partial charge in [0.25, 0.3) is 5.95 Å². The fraction of sp³-hybridized carbons (Fsp3) is 0.500. The average molecular weight is 582 g/mol. The molecule has 0 saturated heterocycles. The van der Waals surface area contributed by atoms with Gasteiger partial charge in [-0.05, 0) is 60.7 Å². The van der Waals surface area contributed by atoms with Crippen LogP contribution in [0.1, 0.15) is 47.2 Å². The lowest BCUT2D eigenvalue weighted by atomic mass is 9.85. The summed E-state index contributed by atoms with van der Waals surface area (Å²) in [6, 6.07) is 3.46. The molecule has 0 N–H and O–H groups in total. The Morgan fingerprint density at radius 1 is 0.927 bits per heavy atom. The summed E-state index contributed by atoms with van der Waals surface area (Å²) in [5, 5.41) is 17.3. The van der Waals surface area contributed by atoms with Crippen molar-refractivity contribution in [3.05, 3.63) is 52.2 Å². The van der Waals surface area contributed by atoms with E-state index < -0.39 is 23.5 Å². The Bertz CT molecular complexity index is 1520. The zero-order valence-electron chi connectivity index (χ0n) is 22.9. The van der Waals surface area contributed by atoms with Crippen LogP contribution in [0.2, 0.25) is 0 Å². The summed E-state index contributed by atoms with van der Waals surface area (Å²) in [5.74, 6) is 1.21. The molecule has 220 valence electrons. The fourth-order valence-electron chi connectivity index (χ4n) is 5.11. The quantitative estimate of drug-likeness (QED) is 0.262. The summed E-state index contributed by atoms with van der Waals surface area (Å²) in [4.78, 5) is 9.61. The van der Waals surface area contributed by atoms with Crippen LogP contribution in [0.3, 0.4) is 0 Å². The number of alkyl halides is 6. The van der Waals surface area contributed by atoms with Crippen molar-refractivity contribution in [1.82, 2.24) is 35.0 Å². The van der Waals surface area contributed by atoms with Crippen LogP contribution in [0, 0.1) is 12.8 Å². The lowest BCUT2D eigenvalue weighted by Gasteiger charge is -2.32. The van der Waals surface area contributed by atoms with Crippen LogP contribution < -0.4 is 9.80 Å². The molecule has 1 aliphatic rings.